The molecule has 0 heterocycles. The van der Waals surface area contributed by atoms with Crippen LogP contribution in [0.4, 0.5) is 0 Å². The van der Waals surface area contributed by atoms with Crippen LogP contribution in [0, 0.1) is 0 Å². The highest BCUT2D eigenvalue weighted by molar-refractivity contribution is 7.47. The second kappa shape index (κ2) is 62.2. The molecule has 0 aromatic heterocycles. The van der Waals surface area contributed by atoms with E-state index in [9.17, 15) is 19.0 Å². The molecule has 9 nitrogen and oxygen atoms in total. The van der Waals surface area contributed by atoms with E-state index in [1.54, 1.807) is 0 Å². The summed E-state index contributed by atoms with van der Waals surface area (Å²) in [5.74, 6) is -0.804. The van der Waals surface area contributed by atoms with Crippen molar-refractivity contribution in [3.05, 3.63) is 0 Å². The van der Waals surface area contributed by atoms with Gasteiger partial charge in [0.1, 0.15) is 6.61 Å². The molecule has 10 heteroatoms. The Labute approximate surface area is 467 Å². The van der Waals surface area contributed by atoms with Crippen molar-refractivity contribution in [3.8, 4) is 0 Å². The first kappa shape index (κ1) is 74.0. The van der Waals surface area contributed by atoms with Crippen LogP contribution < -0.4 is 5.73 Å². The van der Waals surface area contributed by atoms with E-state index in [1.807, 2.05) is 0 Å². The van der Waals surface area contributed by atoms with Crippen molar-refractivity contribution in [3.63, 3.8) is 0 Å². The van der Waals surface area contributed by atoms with Crippen LogP contribution in [0.5, 0.6) is 0 Å². The number of phosphoric acid groups is 1. The van der Waals surface area contributed by atoms with Gasteiger partial charge in [0, 0.05) is 19.4 Å². The quantitative estimate of drug-likeness (QED) is 0.0347. The van der Waals surface area contributed by atoms with Crippen LogP contribution >= 0.6 is 7.82 Å². The number of ether oxygens (including phenoxy) is 2. The third-order valence-corrected chi connectivity index (χ3v) is 16.5. The average Bonchev–Trinajstić information content (AvgIpc) is 3.40. The Kier molecular flexibility index (Phi) is 61.4. The van der Waals surface area contributed by atoms with Gasteiger partial charge in [-0.05, 0) is 12.8 Å². The Morgan fingerprint density at radius 2 is 0.573 bits per heavy atom. The second-order valence-corrected chi connectivity index (χ2v) is 24.5. The number of carbonyl (C=O) groups is 2. The molecule has 0 aliphatic heterocycles. The number of rotatable bonds is 65. The molecule has 0 aliphatic carbocycles. The van der Waals surface area contributed by atoms with E-state index >= 15 is 0 Å². The van der Waals surface area contributed by atoms with Crippen LogP contribution in [0.25, 0.3) is 0 Å². The van der Waals surface area contributed by atoms with Crippen LogP contribution in [0.1, 0.15) is 373 Å². The minimum atomic E-state index is -4.38. The van der Waals surface area contributed by atoms with Crippen molar-refractivity contribution < 1.29 is 37.6 Å². The molecule has 0 aromatic rings. The third kappa shape index (κ3) is 62.1. The second-order valence-electron chi connectivity index (χ2n) is 23.1. The summed E-state index contributed by atoms with van der Waals surface area (Å²) in [7, 11) is -4.38. The van der Waals surface area contributed by atoms with Crippen molar-refractivity contribution in [2.75, 3.05) is 26.4 Å². The highest BCUT2D eigenvalue weighted by atomic mass is 31.2. The predicted octanol–water partition coefficient (Wildman–Crippen LogP) is 21.4. The van der Waals surface area contributed by atoms with Gasteiger partial charge in [0.15, 0.2) is 6.10 Å². The molecule has 2 unspecified atom stereocenters. The molecule has 0 radical (unpaired) electrons. The van der Waals surface area contributed by atoms with Crippen molar-refractivity contribution in [1.82, 2.24) is 0 Å². The first-order valence-electron chi connectivity index (χ1n) is 33.5. The summed E-state index contributed by atoms with van der Waals surface area (Å²) in [6, 6.07) is 0. The van der Waals surface area contributed by atoms with Gasteiger partial charge in [-0.15, -0.1) is 0 Å². The highest BCUT2D eigenvalue weighted by Gasteiger charge is 2.26. The Morgan fingerprint density at radius 3 is 0.813 bits per heavy atom. The molecule has 0 rings (SSSR count). The van der Waals surface area contributed by atoms with Crippen LogP contribution in [0.3, 0.4) is 0 Å². The van der Waals surface area contributed by atoms with Gasteiger partial charge in [-0.2, -0.15) is 0 Å². The fraction of sp³-hybridized carbons (Fsp3) is 0.969. The van der Waals surface area contributed by atoms with Crippen molar-refractivity contribution in [2.24, 2.45) is 5.73 Å². The normalized spacial score (nSPS) is 12.9. The van der Waals surface area contributed by atoms with Gasteiger partial charge in [-0.3, -0.25) is 18.6 Å². The van der Waals surface area contributed by atoms with Crippen LogP contribution in [-0.4, -0.2) is 49.3 Å². The maximum Gasteiger partial charge on any atom is 0.472 e. The fourth-order valence-electron chi connectivity index (χ4n) is 10.5. The summed E-state index contributed by atoms with van der Waals surface area (Å²) in [6.07, 6.45) is 72.3. The first-order chi connectivity index (χ1) is 36.8. The summed E-state index contributed by atoms with van der Waals surface area (Å²) < 4.78 is 33.0. The van der Waals surface area contributed by atoms with Crippen LogP contribution in [0.2, 0.25) is 0 Å². The number of esters is 2. The first-order valence-corrected chi connectivity index (χ1v) is 35.0. The fourth-order valence-corrected chi connectivity index (χ4v) is 11.3. The van der Waals surface area contributed by atoms with E-state index in [1.165, 1.54) is 308 Å². The van der Waals surface area contributed by atoms with Crippen molar-refractivity contribution in [2.45, 2.75) is 380 Å². The van der Waals surface area contributed by atoms with Crippen LogP contribution in [-0.2, 0) is 32.7 Å². The van der Waals surface area contributed by atoms with Gasteiger partial charge >= 0.3 is 19.8 Å². The van der Waals surface area contributed by atoms with Gasteiger partial charge in [0.25, 0.3) is 0 Å². The average molecular weight is 1080 g/mol. The van der Waals surface area contributed by atoms with E-state index in [-0.39, 0.29) is 38.6 Å². The lowest BCUT2D eigenvalue weighted by Gasteiger charge is -2.19. The molecule has 0 aromatic carbocycles. The molecule has 0 aliphatic rings. The van der Waals surface area contributed by atoms with E-state index < -0.39 is 26.5 Å². The van der Waals surface area contributed by atoms with Crippen molar-refractivity contribution >= 4 is 19.8 Å². The molecule has 448 valence electrons. The lowest BCUT2D eigenvalue weighted by molar-refractivity contribution is -0.161. The molecule has 0 bridgehead atoms. The SMILES string of the molecule is CCCCCCCCCCCCCCCCCCCCCCCCCCCCCCCCCCCCCCCCCCCC(=O)OC(COC(=O)CCCCCCCCCCCCCCC)COP(=O)(O)OCCN. The van der Waals surface area contributed by atoms with Crippen LogP contribution in [0.15, 0.2) is 0 Å². The van der Waals surface area contributed by atoms with E-state index in [0.717, 1.165) is 32.1 Å². The highest BCUT2D eigenvalue weighted by Crippen LogP contribution is 2.43. The van der Waals surface area contributed by atoms with Crippen molar-refractivity contribution in [1.29, 1.82) is 0 Å². The third-order valence-electron chi connectivity index (χ3n) is 15.5. The summed E-state index contributed by atoms with van der Waals surface area (Å²) in [4.78, 5) is 35.1. The maximum absolute atomic E-state index is 12.7. The minimum Gasteiger partial charge on any atom is -0.462 e. The Morgan fingerprint density at radius 1 is 0.347 bits per heavy atom. The molecule has 3 N–H and O–H groups in total. The Hall–Kier alpha value is -0.990. The molecular weight excluding hydrogens is 954 g/mol. The number of hydrogen-bond acceptors (Lipinski definition) is 8. The molecular formula is C65H130NO8P. The lowest BCUT2D eigenvalue weighted by Crippen LogP contribution is -2.29. The molecule has 0 amide bonds. The Balaban J connectivity index is 3.65. The number of nitrogens with two attached hydrogens (primary N) is 1. The van der Waals surface area contributed by atoms with Gasteiger partial charge in [-0.1, -0.05) is 348 Å². The van der Waals surface area contributed by atoms with E-state index in [4.69, 9.17) is 24.3 Å². The zero-order valence-corrected chi connectivity index (χ0v) is 51.2. The molecule has 0 fully saturated rings. The van der Waals surface area contributed by atoms with Gasteiger partial charge in [-0.25, -0.2) is 4.57 Å². The lowest BCUT2D eigenvalue weighted by atomic mass is 10.0. The predicted molar refractivity (Wildman–Crippen MR) is 322 cm³/mol. The molecule has 0 saturated heterocycles. The number of phosphoric ester groups is 1. The van der Waals surface area contributed by atoms with Gasteiger partial charge < -0.3 is 20.1 Å². The zero-order chi connectivity index (χ0) is 54.5. The van der Waals surface area contributed by atoms with E-state index in [0.29, 0.717) is 6.42 Å². The Bertz CT molecular complexity index is 1190. The number of unbranched alkanes of at least 4 members (excludes halogenated alkanes) is 52. The van der Waals surface area contributed by atoms with Gasteiger partial charge in [0.05, 0.1) is 13.2 Å². The number of hydrogen-bond donors (Lipinski definition) is 2. The summed E-state index contributed by atoms with van der Waals surface area (Å²) in [5.41, 5.74) is 5.38. The number of carbonyl (C=O) groups excluding carboxylic acids is 2. The smallest absolute Gasteiger partial charge is 0.462 e. The molecule has 75 heavy (non-hydrogen) atoms. The van der Waals surface area contributed by atoms with E-state index in [2.05, 4.69) is 13.8 Å². The zero-order valence-electron chi connectivity index (χ0n) is 50.3. The molecule has 2 atom stereocenters. The monoisotopic (exact) mass is 1080 g/mol. The largest absolute Gasteiger partial charge is 0.472 e. The standard InChI is InChI=1S/C65H130NO8P/c1-3-5-7-9-11-13-15-17-18-19-20-21-22-23-24-25-26-27-28-29-30-31-32-33-34-35-36-37-38-39-40-41-42-43-44-46-48-50-52-54-56-58-65(68)74-63(62-73-75(69,70)72-60-59-66)61-71-64(67)57-55-53-51-49-47-45-16-14-12-10-8-6-4-2/h63H,3-62,66H2,1-2H3,(H,69,70). The molecule has 0 saturated carbocycles. The maximum atomic E-state index is 12.7. The summed E-state index contributed by atoms with van der Waals surface area (Å²) >= 11 is 0. The molecule has 0 spiro atoms. The minimum absolute atomic E-state index is 0.0585. The van der Waals surface area contributed by atoms with Gasteiger partial charge in [0.2, 0.25) is 0 Å². The summed E-state index contributed by atoms with van der Waals surface area (Å²) in [6.45, 7) is 3.81. The topological polar surface area (TPSA) is 134 Å². The summed E-state index contributed by atoms with van der Waals surface area (Å²) in [5, 5.41) is 0.